The third-order valence-electron chi connectivity index (χ3n) is 2.73. The summed E-state index contributed by atoms with van der Waals surface area (Å²) in [7, 11) is 0. The molecule has 1 unspecified atom stereocenters. The van der Waals surface area contributed by atoms with Crippen molar-refractivity contribution in [3.8, 4) is 11.4 Å². The van der Waals surface area contributed by atoms with Gasteiger partial charge in [0.05, 0.1) is 23.2 Å². The topological polar surface area (TPSA) is 69.6 Å². The third kappa shape index (κ3) is 3.01. The summed E-state index contributed by atoms with van der Waals surface area (Å²) in [4.78, 5) is 0. The highest BCUT2D eigenvalue weighted by Gasteiger charge is 2.32. The summed E-state index contributed by atoms with van der Waals surface area (Å²) in [6.45, 7) is 1.38. The van der Waals surface area contributed by atoms with Crippen LogP contribution in [0.3, 0.4) is 0 Å². The van der Waals surface area contributed by atoms with Gasteiger partial charge in [-0.05, 0) is 29.5 Å². The molecule has 20 heavy (non-hydrogen) atoms. The molecule has 2 N–H and O–H groups in total. The van der Waals surface area contributed by atoms with E-state index in [0.29, 0.717) is 10.6 Å². The summed E-state index contributed by atoms with van der Waals surface area (Å²) in [6.07, 6.45) is -5.34. The van der Waals surface area contributed by atoms with Gasteiger partial charge in [-0.1, -0.05) is 17.7 Å². The Bertz CT molecular complexity index is 610. The van der Waals surface area contributed by atoms with Crippen LogP contribution in [0.25, 0.3) is 11.4 Å². The van der Waals surface area contributed by atoms with E-state index in [4.69, 9.17) is 17.3 Å². The molecule has 2 aromatic rings. The zero-order valence-electron chi connectivity index (χ0n) is 10.4. The maximum atomic E-state index is 12.4. The molecular weight excluding hydrogens is 295 g/mol. The van der Waals surface area contributed by atoms with Gasteiger partial charge in [0.2, 0.25) is 0 Å². The number of nitrogens with two attached hydrogens (primary N) is 1. The monoisotopic (exact) mass is 305 g/mol. The second kappa shape index (κ2) is 5.28. The minimum atomic E-state index is -4.30. The van der Waals surface area contributed by atoms with Gasteiger partial charge < -0.3 is 5.73 Å². The molecule has 0 saturated heterocycles. The molecule has 1 aromatic carbocycles. The van der Waals surface area contributed by atoms with Gasteiger partial charge in [-0.15, -0.1) is 5.10 Å². The lowest BCUT2D eigenvalue weighted by Gasteiger charge is -2.16. The first-order valence-electron chi connectivity index (χ1n) is 5.68. The first-order valence-corrected chi connectivity index (χ1v) is 6.06. The van der Waals surface area contributed by atoms with Crippen molar-refractivity contribution < 1.29 is 13.2 Å². The Labute approximate surface area is 117 Å². The van der Waals surface area contributed by atoms with Crippen LogP contribution in [0.4, 0.5) is 18.9 Å². The molecule has 0 bridgehead atoms. The third-order valence-corrected chi connectivity index (χ3v) is 3.06. The molecule has 0 aliphatic carbocycles. The van der Waals surface area contributed by atoms with Gasteiger partial charge in [-0.25, -0.2) is 4.68 Å². The summed E-state index contributed by atoms with van der Waals surface area (Å²) >= 11 is 5.89. The van der Waals surface area contributed by atoms with E-state index >= 15 is 0 Å². The normalized spacial score (nSPS) is 13.4. The minimum Gasteiger partial charge on any atom is -0.397 e. The van der Waals surface area contributed by atoms with Crippen LogP contribution in [-0.2, 0) is 0 Å². The van der Waals surface area contributed by atoms with Crippen molar-refractivity contribution in [3.05, 3.63) is 23.2 Å². The molecule has 0 amide bonds. The van der Waals surface area contributed by atoms with E-state index in [0.717, 1.165) is 4.68 Å². The molecule has 2 rings (SSSR count). The highest BCUT2D eigenvalue weighted by atomic mass is 35.5. The van der Waals surface area contributed by atoms with E-state index in [-0.39, 0.29) is 11.5 Å². The minimum absolute atomic E-state index is 0.154. The van der Waals surface area contributed by atoms with Crippen molar-refractivity contribution in [1.29, 1.82) is 0 Å². The summed E-state index contributed by atoms with van der Waals surface area (Å²) in [5.41, 5.74) is 6.43. The van der Waals surface area contributed by atoms with E-state index in [9.17, 15) is 13.2 Å². The highest BCUT2D eigenvalue weighted by molar-refractivity contribution is 6.33. The van der Waals surface area contributed by atoms with E-state index in [1.807, 2.05) is 0 Å². The number of benzene rings is 1. The summed E-state index contributed by atoms with van der Waals surface area (Å²) in [6, 6.07) is 3.86. The maximum Gasteiger partial charge on any atom is 0.391 e. The van der Waals surface area contributed by atoms with Crippen molar-refractivity contribution >= 4 is 17.3 Å². The average Bonchev–Trinajstić information content (AvgIpc) is 2.79. The van der Waals surface area contributed by atoms with Crippen molar-refractivity contribution in [1.82, 2.24) is 20.2 Å². The number of anilines is 1. The molecular formula is C11H11ClF3N5. The lowest BCUT2D eigenvalue weighted by atomic mass is 10.1. The molecule has 0 aliphatic rings. The van der Waals surface area contributed by atoms with Gasteiger partial charge in [0.25, 0.3) is 0 Å². The van der Waals surface area contributed by atoms with Crippen LogP contribution >= 0.6 is 11.6 Å². The van der Waals surface area contributed by atoms with Crippen molar-refractivity contribution in [2.45, 2.75) is 25.6 Å². The molecule has 0 fully saturated rings. The number of nitrogen functional groups attached to an aromatic ring is 1. The van der Waals surface area contributed by atoms with Crippen LogP contribution in [0, 0.1) is 0 Å². The number of aromatic nitrogens is 4. The van der Waals surface area contributed by atoms with Crippen LogP contribution in [-0.4, -0.2) is 26.4 Å². The van der Waals surface area contributed by atoms with Crippen LogP contribution in [0.2, 0.25) is 5.02 Å². The van der Waals surface area contributed by atoms with E-state index in [1.165, 1.54) is 6.92 Å². The second-order valence-electron chi connectivity index (χ2n) is 4.32. The molecule has 9 heteroatoms. The van der Waals surface area contributed by atoms with Gasteiger partial charge in [-0.2, -0.15) is 13.2 Å². The number of hydrogen-bond donors (Lipinski definition) is 1. The van der Waals surface area contributed by atoms with E-state index < -0.39 is 18.6 Å². The SMILES string of the molecule is CC(CC(F)(F)F)n1nnnc1-c1cccc(Cl)c1N. The molecule has 1 aromatic heterocycles. The van der Waals surface area contributed by atoms with Gasteiger partial charge in [0, 0.05) is 5.56 Å². The Balaban J connectivity index is 2.40. The number of hydrogen-bond acceptors (Lipinski definition) is 4. The zero-order valence-corrected chi connectivity index (χ0v) is 11.2. The number of halogens is 4. The molecule has 0 aliphatic heterocycles. The van der Waals surface area contributed by atoms with Gasteiger partial charge in [0.15, 0.2) is 5.82 Å². The number of alkyl halides is 3. The van der Waals surface area contributed by atoms with Crippen LogP contribution in [0.1, 0.15) is 19.4 Å². The van der Waals surface area contributed by atoms with E-state index in [1.54, 1.807) is 18.2 Å². The summed E-state index contributed by atoms with van der Waals surface area (Å²) < 4.78 is 38.4. The number of rotatable bonds is 3. The maximum absolute atomic E-state index is 12.4. The molecule has 5 nitrogen and oxygen atoms in total. The lowest BCUT2D eigenvalue weighted by molar-refractivity contribution is -0.142. The predicted octanol–water partition coefficient (Wildman–Crippen LogP) is 3.09. The number of para-hydroxylation sites is 1. The molecule has 108 valence electrons. The largest absolute Gasteiger partial charge is 0.397 e. The van der Waals surface area contributed by atoms with Crippen molar-refractivity contribution in [2.75, 3.05) is 5.73 Å². The fourth-order valence-electron chi connectivity index (χ4n) is 1.82. The Morgan fingerprint density at radius 1 is 1.40 bits per heavy atom. The van der Waals surface area contributed by atoms with Crippen LogP contribution in [0.15, 0.2) is 18.2 Å². The highest BCUT2D eigenvalue weighted by Crippen LogP contribution is 2.33. The van der Waals surface area contributed by atoms with Crippen molar-refractivity contribution in [2.24, 2.45) is 0 Å². The number of nitrogens with zero attached hydrogens (tertiary/aromatic N) is 4. The van der Waals surface area contributed by atoms with Crippen LogP contribution < -0.4 is 5.73 Å². The Kier molecular flexibility index (Phi) is 3.85. The fourth-order valence-corrected chi connectivity index (χ4v) is 2.00. The smallest absolute Gasteiger partial charge is 0.391 e. The van der Waals surface area contributed by atoms with E-state index in [2.05, 4.69) is 15.5 Å². The standard InChI is InChI=1S/C11H11ClF3N5/c1-6(5-11(13,14)15)20-10(17-18-19-20)7-3-2-4-8(12)9(7)16/h2-4,6H,5,16H2,1H3. The average molecular weight is 306 g/mol. The summed E-state index contributed by atoms with van der Waals surface area (Å²) in [5, 5.41) is 11.0. The Hall–Kier alpha value is -1.83. The fraction of sp³-hybridized carbons (Fsp3) is 0.364. The number of tetrazole rings is 1. The van der Waals surface area contributed by atoms with Crippen LogP contribution in [0.5, 0.6) is 0 Å². The second-order valence-corrected chi connectivity index (χ2v) is 4.72. The predicted molar refractivity (Wildman–Crippen MR) is 68.1 cm³/mol. The Morgan fingerprint density at radius 2 is 2.10 bits per heavy atom. The van der Waals surface area contributed by atoms with Gasteiger partial charge in [0.1, 0.15) is 0 Å². The van der Waals surface area contributed by atoms with Gasteiger partial charge >= 0.3 is 6.18 Å². The first-order chi connectivity index (χ1) is 9.29. The molecule has 0 saturated carbocycles. The molecule has 1 heterocycles. The molecule has 1 atom stereocenters. The quantitative estimate of drug-likeness (QED) is 0.885. The molecule has 0 spiro atoms. The van der Waals surface area contributed by atoms with Crippen molar-refractivity contribution in [3.63, 3.8) is 0 Å². The molecule has 0 radical (unpaired) electrons. The Morgan fingerprint density at radius 3 is 2.75 bits per heavy atom. The zero-order chi connectivity index (χ0) is 14.9. The van der Waals surface area contributed by atoms with Gasteiger partial charge in [-0.3, -0.25) is 0 Å². The summed E-state index contributed by atoms with van der Waals surface area (Å²) in [5.74, 6) is 0.154. The lowest BCUT2D eigenvalue weighted by Crippen LogP contribution is -2.18. The first kappa shape index (κ1) is 14.6.